The highest BCUT2D eigenvalue weighted by Crippen LogP contribution is 2.08. The van der Waals surface area contributed by atoms with Crippen LogP contribution in [0.25, 0.3) is 0 Å². The van der Waals surface area contributed by atoms with Crippen LogP contribution in [0.5, 0.6) is 0 Å². The number of carboxylic acid groups (broad SMARTS) is 2. The average Bonchev–Trinajstić information content (AvgIpc) is 2.22. The van der Waals surface area contributed by atoms with Crippen molar-refractivity contribution in [2.75, 3.05) is 26.4 Å². The van der Waals surface area contributed by atoms with E-state index in [4.69, 9.17) is 19.7 Å². The van der Waals surface area contributed by atoms with E-state index < -0.39 is 11.9 Å². The summed E-state index contributed by atoms with van der Waals surface area (Å²) < 4.78 is 10.1. The molecular weight excluding hydrogens is 228 g/mol. The molecule has 0 heterocycles. The Morgan fingerprint density at radius 1 is 1.12 bits per heavy atom. The molecule has 0 aliphatic rings. The van der Waals surface area contributed by atoms with Gasteiger partial charge in [0, 0.05) is 13.0 Å². The second kappa shape index (κ2) is 10.0. The highest BCUT2D eigenvalue weighted by molar-refractivity contribution is 5.68. The fraction of sp³-hybridized carbons (Fsp3) is 0.818. The summed E-state index contributed by atoms with van der Waals surface area (Å²) in [4.78, 5) is 20.4. The number of hydrogen-bond acceptors (Lipinski definition) is 4. The van der Waals surface area contributed by atoms with E-state index in [1.807, 2.05) is 6.92 Å². The SMILES string of the molecule is CC(CCCC(=O)O)COCCOCC(=O)O. The van der Waals surface area contributed by atoms with Crippen LogP contribution in [0, 0.1) is 5.92 Å². The molecule has 0 aromatic heterocycles. The minimum absolute atomic E-state index is 0.187. The number of aliphatic carboxylic acids is 2. The molecule has 17 heavy (non-hydrogen) atoms. The average molecular weight is 248 g/mol. The molecule has 0 saturated heterocycles. The predicted molar refractivity (Wildman–Crippen MR) is 59.9 cm³/mol. The van der Waals surface area contributed by atoms with Crippen molar-refractivity contribution in [3.63, 3.8) is 0 Å². The van der Waals surface area contributed by atoms with Crippen molar-refractivity contribution < 1.29 is 29.3 Å². The second-order valence-electron chi connectivity index (χ2n) is 3.91. The molecule has 6 nitrogen and oxygen atoms in total. The molecule has 1 unspecified atom stereocenters. The zero-order valence-electron chi connectivity index (χ0n) is 10.1. The Morgan fingerprint density at radius 3 is 2.35 bits per heavy atom. The fourth-order valence-electron chi connectivity index (χ4n) is 1.25. The van der Waals surface area contributed by atoms with Crippen LogP contribution < -0.4 is 0 Å². The Hall–Kier alpha value is -1.14. The van der Waals surface area contributed by atoms with Crippen LogP contribution in [0.4, 0.5) is 0 Å². The van der Waals surface area contributed by atoms with E-state index in [0.717, 1.165) is 6.42 Å². The molecule has 0 aromatic carbocycles. The van der Waals surface area contributed by atoms with Crippen LogP contribution in [-0.2, 0) is 19.1 Å². The van der Waals surface area contributed by atoms with Gasteiger partial charge in [0.05, 0.1) is 13.2 Å². The zero-order valence-corrected chi connectivity index (χ0v) is 10.1. The lowest BCUT2D eigenvalue weighted by Crippen LogP contribution is -2.14. The van der Waals surface area contributed by atoms with E-state index in [1.54, 1.807) is 0 Å². The molecule has 1 atom stereocenters. The second-order valence-corrected chi connectivity index (χ2v) is 3.91. The molecule has 6 heteroatoms. The van der Waals surface area contributed by atoms with Crippen molar-refractivity contribution in [1.29, 1.82) is 0 Å². The van der Waals surface area contributed by atoms with Crippen molar-refractivity contribution in [1.82, 2.24) is 0 Å². The maximum atomic E-state index is 10.3. The first-order valence-corrected chi connectivity index (χ1v) is 5.61. The molecule has 0 fully saturated rings. The van der Waals surface area contributed by atoms with Gasteiger partial charge >= 0.3 is 11.9 Å². The quantitative estimate of drug-likeness (QED) is 0.530. The number of hydrogen-bond donors (Lipinski definition) is 2. The molecule has 0 bridgehead atoms. The van der Waals surface area contributed by atoms with Gasteiger partial charge in [-0.05, 0) is 18.8 Å². The third-order valence-corrected chi connectivity index (χ3v) is 2.09. The van der Waals surface area contributed by atoms with Crippen LogP contribution in [0.1, 0.15) is 26.2 Å². The summed E-state index contributed by atoms with van der Waals surface area (Å²) in [6, 6.07) is 0. The van der Waals surface area contributed by atoms with E-state index in [1.165, 1.54) is 0 Å². The van der Waals surface area contributed by atoms with Gasteiger partial charge in [-0.2, -0.15) is 0 Å². The van der Waals surface area contributed by atoms with Gasteiger partial charge in [-0.15, -0.1) is 0 Å². The molecule has 0 rings (SSSR count). The van der Waals surface area contributed by atoms with E-state index in [2.05, 4.69) is 0 Å². The highest BCUT2D eigenvalue weighted by atomic mass is 16.5. The van der Waals surface area contributed by atoms with Crippen LogP contribution in [-0.4, -0.2) is 48.6 Å². The standard InChI is InChI=1S/C11H20O6/c1-9(3-2-4-10(12)13)7-16-5-6-17-8-11(14)15/h9H,2-8H2,1H3,(H,12,13)(H,14,15). The number of carbonyl (C=O) groups is 2. The van der Waals surface area contributed by atoms with Crippen LogP contribution in [0.3, 0.4) is 0 Å². The number of carboxylic acids is 2. The summed E-state index contributed by atoms with van der Waals surface area (Å²) in [6.07, 6.45) is 1.64. The fourth-order valence-corrected chi connectivity index (χ4v) is 1.25. The van der Waals surface area contributed by atoms with Crippen molar-refractivity contribution >= 4 is 11.9 Å². The summed E-state index contributed by atoms with van der Waals surface area (Å²) >= 11 is 0. The van der Waals surface area contributed by atoms with Gasteiger partial charge in [-0.3, -0.25) is 4.79 Å². The summed E-state index contributed by atoms with van der Waals surface area (Å²) in [5.41, 5.74) is 0. The van der Waals surface area contributed by atoms with Crippen LogP contribution in [0.15, 0.2) is 0 Å². The largest absolute Gasteiger partial charge is 0.481 e. The predicted octanol–water partition coefficient (Wildman–Crippen LogP) is 0.995. The van der Waals surface area contributed by atoms with E-state index in [0.29, 0.717) is 25.6 Å². The minimum atomic E-state index is -0.993. The molecular formula is C11H20O6. The van der Waals surface area contributed by atoms with Gasteiger partial charge in [0.25, 0.3) is 0 Å². The van der Waals surface area contributed by atoms with Gasteiger partial charge in [0.15, 0.2) is 0 Å². The molecule has 0 radical (unpaired) electrons. The third-order valence-electron chi connectivity index (χ3n) is 2.09. The Morgan fingerprint density at radius 2 is 1.76 bits per heavy atom. The number of rotatable bonds is 11. The first-order chi connectivity index (χ1) is 8.02. The molecule has 100 valence electrons. The molecule has 0 saturated carbocycles. The summed E-state index contributed by atoms with van der Waals surface area (Å²) in [6.45, 7) is 2.83. The molecule has 0 aliphatic carbocycles. The molecule has 0 aliphatic heterocycles. The monoisotopic (exact) mass is 248 g/mol. The Labute approximate surface area is 101 Å². The Balaban J connectivity index is 3.24. The Kier molecular flexibility index (Phi) is 9.37. The molecule has 0 spiro atoms. The smallest absolute Gasteiger partial charge is 0.329 e. The van der Waals surface area contributed by atoms with Crippen LogP contribution >= 0.6 is 0 Å². The molecule has 0 amide bonds. The van der Waals surface area contributed by atoms with Gasteiger partial charge in [-0.25, -0.2) is 4.79 Å². The topological polar surface area (TPSA) is 93.1 Å². The van der Waals surface area contributed by atoms with Gasteiger partial charge in [0.1, 0.15) is 6.61 Å². The van der Waals surface area contributed by atoms with Crippen molar-refractivity contribution in [2.24, 2.45) is 5.92 Å². The van der Waals surface area contributed by atoms with Gasteiger partial charge in [0.2, 0.25) is 0 Å². The first-order valence-electron chi connectivity index (χ1n) is 5.61. The van der Waals surface area contributed by atoms with E-state index in [9.17, 15) is 9.59 Å². The number of ether oxygens (including phenoxy) is 2. The normalized spacial score (nSPS) is 12.3. The van der Waals surface area contributed by atoms with Crippen LogP contribution in [0.2, 0.25) is 0 Å². The van der Waals surface area contributed by atoms with E-state index >= 15 is 0 Å². The minimum Gasteiger partial charge on any atom is -0.481 e. The van der Waals surface area contributed by atoms with Gasteiger partial charge in [-0.1, -0.05) is 6.92 Å². The zero-order chi connectivity index (χ0) is 13.1. The summed E-state index contributed by atoms with van der Waals surface area (Å²) in [5.74, 6) is -1.47. The highest BCUT2D eigenvalue weighted by Gasteiger charge is 2.04. The Bertz CT molecular complexity index is 228. The molecule has 0 aromatic rings. The summed E-state index contributed by atoms with van der Waals surface area (Å²) in [7, 11) is 0. The third kappa shape index (κ3) is 12.8. The van der Waals surface area contributed by atoms with Crippen molar-refractivity contribution in [3.8, 4) is 0 Å². The first kappa shape index (κ1) is 15.9. The maximum absolute atomic E-state index is 10.3. The summed E-state index contributed by atoms with van der Waals surface area (Å²) in [5, 5.41) is 16.7. The lowest BCUT2D eigenvalue weighted by molar-refractivity contribution is -0.143. The lowest BCUT2D eigenvalue weighted by atomic mass is 10.1. The van der Waals surface area contributed by atoms with Crippen molar-refractivity contribution in [3.05, 3.63) is 0 Å². The van der Waals surface area contributed by atoms with E-state index in [-0.39, 0.29) is 19.6 Å². The van der Waals surface area contributed by atoms with Crippen molar-refractivity contribution in [2.45, 2.75) is 26.2 Å². The molecule has 2 N–H and O–H groups in total. The maximum Gasteiger partial charge on any atom is 0.329 e. The lowest BCUT2D eigenvalue weighted by Gasteiger charge is -2.11. The van der Waals surface area contributed by atoms with Gasteiger partial charge < -0.3 is 19.7 Å².